The molecule has 0 fully saturated rings. The van der Waals surface area contributed by atoms with E-state index in [-0.39, 0.29) is 18.1 Å². The van der Waals surface area contributed by atoms with Gasteiger partial charge in [-0.25, -0.2) is 5.01 Å². The number of halogens is 3. The predicted octanol–water partition coefficient (Wildman–Crippen LogP) is 2.26. The molecule has 0 radical (unpaired) electrons. The van der Waals surface area contributed by atoms with E-state index in [1.807, 2.05) is 0 Å². The number of nitro groups is 1. The molecule has 9 heteroatoms. The average molecular weight is 261 g/mol. The van der Waals surface area contributed by atoms with Crippen molar-refractivity contribution in [1.29, 1.82) is 0 Å². The van der Waals surface area contributed by atoms with E-state index >= 15 is 0 Å². The molecule has 0 aliphatic carbocycles. The molecule has 18 heavy (non-hydrogen) atoms. The summed E-state index contributed by atoms with van der Waals surface area (Å²) >= 11 is 0. The van der Waals surface area contributed by atoms with Crippen LogP contribution in [-0.2, 0) is 4.74 Å². The number of benzene rings is 1. The highest BCUT2D eigenvalue weighted by Gasteiger charge is 2.42. The summed E-state index contributed by atoms with van der Waals surface area (Å²) < 4.78 is 41.1. The van der Waals surface area contributed by atoms with Crippen LogP contribution >= 0.6 is 0 Å². The lowest BCUT2D eigenvalue weighted by Gasteiger charge is -2.10. The fourth-order valence-electron chi connectivity index (χ4n) is 1.31. The maximum absolute atomic E-state index is 12.2. The summed E-state index contributed by atoms with van der Waals surface area (Å²) in [5.74, 6) is -1.33. The Bertz CT molecular complexity index is 498. The Hall–Kier alpha value is -2.32. The van der Waals surface area contributed by atoms with Crippen molar-refractivity contribution in [1.82, 2.24) is 0 Å². The minimum atomic E-state index is -4.64. The molecule has 2 rings (SSSR count). The lowest BCUT2D eigenvalue weighted by Crippen LogP contribution is -2.22. The van der Waals surface area contributed by atoms with Crippen LogP contribution in [0.15, 0.2) is 29.4 Å². The normalized spacial score (nSPS) is 15.3. The first-order chi connectivity index (χ1) is 8.38. The maximum Gasteiger partial charge on any atom is 0.470 e. The van der Waals surface area contributed by atoms with Gasteiger partial charge in [-0.1, -0.05) is 0 Å². The first kappa shape index (κ1) is 12.1. The number of alkyl halides is 3. The molecule has 1 aliphatic heterocycles. The summed E-state index contributed by atoms with van der Waals surface area (Å²) in [7, 11) is 0. The number of non-ortho nitro benzene ring substituents is 1. The molecule has 0 N–H and O–H groups in total. The van der Waals surface area contributed by atoms with Gasteiger partial charge in [-0.2, -0.15) is 13.2 Å². The molecule has 1 aliphatic rings. The minimum absolute atomic E-state index is 0.154. The molecule has 0 saturated carbocycles. The van der Waals surface area contributed by atoms with Gasteiger partial charge in [-0.3, -0.25) is 10.1 Å². The van der Waals surface area contributed by atoms with Gasteiger partial charge in [-0.05, 0) is 12.1 Å². The summed E-state index contributed by atoms with van der Waals surface area (Å²) in [5, 5.41) is 14.6. The van der Waals surface area contributed by atoms with E-state index in [1.54, 1.807) is 0 Å². The van der Waals surface area contributed by atoms with Gasteiger partial charge in [0.1, 0.15) is 0 Å². The van der Waals surface area contributed by atoms with E-state index in [2.05, 4.69) is 9.84 Å². The van der Waals surface area contributed by atoms with Crippen molar-refractivity contribution in [3.8, 4) is 0 Å². The van der Waals surface area contributed by atoms with E-state index in [1.165, 1.54) is 24.3 Å². The van der Waals surface area contributed by atoms with Crippen LogP contribution < -0.4 is 5.01 Å². The molecule has 1 heterocycles. The molecule has 96 valence electrons. The largest absolute Gasteiger partial charge is 0.470 e. The van der Waals surface area contributed by atoms with Gasteiger partial charge in [0.2, 0.25) is 0 Å². The van der Waals surface area contributed by atoms with Gasteiger partial charge in [-0.15, -0.1) is 5.10 Å². The lowest BCUT2D eigenvalue weighted by atomic mass is 10.3. The second-order valence-electron chi connectivity index (χ2n) is 3.35. The van der Waals surface area contributed by atoms with E-state index in [0.29, 0.717) is 0 Å². The standard InChI is InChI=1S/C9H6F3N3O3/c10-9(11,12)8-13-14(5-18-8)6-1-3-7(4-2-6)15(16)17/h1-4H,5H2. The molecule has 0 aromatic heterocycles. The third-order valence-electron chi connectivity index (χ3n) is 2.14. The number of hydrazone groups is 1. The van der Waals surface area contributed by atoms with Crippen molar-refractivity contribution in [2.45, 2.75) is 6.18 Å². The molecular formula is C9H6F3N3O3. The third-order valence-corrected chi connectivity index (χ3v) is 2.14. The van der Waals surface area contributed by atoms with Crippen molar-refractivity contribution < 1.29 is 22.8 Å². The molecule has 0 saturated heterocycles. The number of rotatable bonds is 2. The van der Waals surface area contributed by atoms with Gasteiger partial charge in [0.15, 0.2) is 6.73 Å². The van der Waals surface area contributed by atoms with Crippen LogP contribution in [0.25, 0.3) is 0 Å². The van der Waals surface area contributed by atoms with Crippen molar-refractivity contribution in [3.63, 3.8) is 0 Å². The second kappa shape index (κ2) is 4.17. The van der Waals surface area contributed by atoms with Crippen LogP contribution in [0.1, 0.15) is 0 Å². The van der Waals surface area contributed by atoms with Crippen LogP contribution in [-0.4, -0.2) is 23.7 Å². The summed E-state index contributed by atoms with van der Waals surface area (Å²) in [6.07, 6.45) is -4.64. The first-order valence-corrected chi connectivity index (χ1v) is 4.68. The zero-order valence-corrected chi connectivity index (χ0v) is 8.72. The summed E-state index contributed by atoms with van der Waals surface area (Å²) in [6, 6.07) is 4.95. The summed E-state index contributed by atoms with van der Waals surface area (Å²) in [4.78, 5) is 9.81. The number of anilines is 1. The fraction of sp³-hybridized carbons (Fsp3) is 0.222. The molecule has 0 bridgehead atoms. The Morgan fingerprint density at radius 3 is 2.39 bits per heavy atom. The smallest absolute Gasteiger partial charge is 0.450 e. The number of nitro benzene ring substituents is 1. The highest BCUT2D eigenvalue weighted by molar-refractivity contribution is 5.84. The first-order valence-electron chi connectivity index (χ1n) is 4.68. The van der Waals surface area contributed by atoms with Gasteiger partial charge in [0.05, 0.1) is 10.6 Å². The van der Waals surface area contributed by atoms with Gasteiger partial charge < -0.3 is 4.74 Å². The zero-order chi connectivity index (χ0) is 13.3. The maximum atomic E-state index is 12.2. The van der Waals surface area contributed by atoms with Crippen LogP contribution in [0.3, 0.4) is 0 Å². The quantitative estimate of drug-likeness (QED) is 0.605. The van der Waals surface area contributed by atoms with E-state index in [4.69, 9.17) is 0 Å². The highest BCUT2D eigenvalue weighted by atomic mass is 19.4. The predicted molar refractivity (Wildman–Crippen MR) is 55.0 cm³/mol. The van der Waals surface area contributed by atoms with Crippen molar-refractivity contribution in [2.24, 2.45) is 5.10 Å². The van der Waals surface area contributed by atoms with E-state index in [0.717, 1.165) is 5.01 Å². The second-order valence-corrected chi connectivity index (χ2v) is 3.35. The molecule has 0 unspecified atom stereocenters. The van der Waals surface area contributed by atoms with E-state index in [9.17, 15) is 23.3 Å². The molecule has 0 amide bonds. The Kier molecular flexibility index (Phi) is 2.81. The average Bonchev–Trinajstić information content (AvgIpc) is 2.78. The lowest BCUT2D eigenvalue weighted by molar-refractivity contribution is -0.384. The number of hydrogen-bond acceptors (Lipinski definition) is 5. The molecule has 1 aromatic rings. The monoisotopic (exact) mass is 261 g/mol. The van der Waals surface area contributed by atoms with Crippen molar-refractivity contribution >= 4 is 17.3 Å². The minimum Gasteiger partial charge on any atom is -0.450 e. The Balaban J connectivity index is 2.19. The Labute approximate surface area is 98.4 Å². The zero-order valence-electron chi connectivity index (χ0n) is 8.72. The van der Waals surface area contributed by atoms with Crippen LogP contribution in [0.5, 0.6) is 0 Å². The van der Waals surface area contributed by atoms with Crippen LogP contribution in [0.2, 0.25) is 0 Å². The molecule has 0 atom stereocenters. The number of ether oxygens (including phenoxy) is 1. The third kappa shape index (κ3) is 2.34. The van der Waals surface area contributed by atoms with Gasteiger partial charge >= 0.3 is 12.1 Å². The number of hydrogen-bond donors (Lipinski definition) is 0. The Morgan fingerprint density at radius 2 is 1.94 bits per heavy atom. The SMILES string of the molecule is O=[N+]([O-])c1ccc(N2COC(C(F)(F)F)=N2)cc1. The Morgan fingerprint density at radius 1 is 1.33 bits per heavy atom. The van der Waals surface area contributed by atoms with Crippen molar-refractivity contribution in [2.75, 3.05) is 11.7 Å². The van der Waals surface area contributed by atoms with Crippen molar-refractivity contribution in [3.05, 3.63) is 34.4 Å². The molecule has 6 nitrogen and oxygen atoms in total. The van der Waals surface area contributed by atoms with Crippen LogP contribution in [0, 0.1) is 10.1 Å². The number of nitrogens with zero attached hydrogens (tertiary/aromatic N) is 3. The van der Waals surface area contributed by atoms with E-state index < -0.39 is 17.0 Å². The van der Waals surface area contributed by atoms with Gasteiger partial charge in [0.25, 0.3) is 5.69 Å². The van der Waals surface area contributed by atoms with Crippen LogP contribution in [0.4, 0.5) is 24.5 Å². The molecule has 1 aromatic carbocycles. The summed E-state index contributed by atoms with van der Waals surface area (Å²) in [6.45, 7) is -0.382. The van der Waals surface area contributed by atoms with Gasteiger partial charge in [0, 0.05) is 12.1 Å². The fourth-order valence-corrected chi connectivity index (χ4v) is 1.31. The highest BCUT2D eigenvalue weighted by Crippen LogP contribution is 2.26. The topological polar surface area (TPSA) is 68.0 Å². The molecule has 0 spiro atoms. The molecular weight excluding hydrogens is 255 g/mol. The summed E-state index contributed by atoms with van der Waals surface area (Å²) in [5.41, 5.74) is 0.124.